The van der Waals surface area contributed by atoms with E-state index in [1.54, 1.807) is 36.4 Å². The van der Waals surface area contributed by atoms with Crippen molar-refractivity contribution in [3.05, 3.63) is 81.2 Å². The van der Waals surface area contributed by atoms with Gasteiger partial charge in [0.2, 0.25) is 11.8 Å². The smallest absolute Gasteiger partial charge is 0.346 e. The fourth-order valence-corrected chi connectivity index (χ4v) is 3.01. The van der Waals surface area contributed by atoms with E-state index in [1.807, 2.05) is 19.1 Å². The van der Waals surface area contributed by atoms with E-state index in [0.717, 1.165) is 6.42 Å². The first-order valence-electron chi connectivity index (χ1n) is 8.47. The van der Waals surface area contributed by atoms with Gasteiger partial charge in [0.05, 0.1) is 21.8 Å². The van der Waals surface area contributed by atoms with Crippen molar-refractivity contribution in [1.82, 2.24) is 9.97 Å². The third-order valence-electron chi connectivity index (χ3n) is 4.28. The number of benzene rings is 2. The second kappa shape index (κ2) is 6.55. The minimum absolute atomic E-state index is 0.210. The van der Waals surface area contributed by atoms with Gasteiger partial charge < -0.3 is 8.83 Å². The molecular weight excluding hydrogens is 332 g/mol. The summed E-state index contributed by atoms with van der Waals surface area (Å²) < 4.78 is 10.9. The van der Waals surface area contributed by atoms with Gasteiger partial charge in [-0.3, -0.25) is 0 Å². The monoisotopic (exact) mass is 348 g/mol. The van der Waals surface area contributed by atoms with Gasteiger partial charge in [0, 0.05) is 0 Å². The molecule has 2 aromatic heterocycles. The highest BCUT2D eigenvalue weighted by atomic mass is 16.4. The van der Waals surface area contributed by atoms with Crippen molar-refractivity contribution in [1.29, 1.82) is 0 Å². The van der Waals surface area contributed by atoms with E-state index in [1.165, 1.54) is 0 Å². The molecule has 130 valence electrons. The van der Waals surface area contributed by atoms with Crippen LogP contribution in [-0.2, 0) is 0 Å². The third kappa shape index (κ3) is 2.79. The van der Waals surface area contributed by atoms with E-state index >= 15 is 0 Å². The van der Waals surface area contributed by atoms with Gasteiger partial charge >= 0.3 is 11.3 Å². The predicted molar refractivity (Wildman–Crippen MR) is 97.3 cm³/mol. The van der Waals surface area contributed by atoms with Crippen molar-refractivity contribution >= 4 is 21.8 Å². The molecular formula is C20H16N2O4. The average molecular weight is 348 g/mol. The van der Waals surface area contributed by atoms with Gasteiger partial charge in [0.1, 0.15) is 5.92 Å². The van der Waals surface area contributed by atoms with Crippen molar-refractivity contribution < 1.29 is 8.83 Å². The molecule has 0 fully saturated rings. The maximum absolute atomic E-state index is 12.3. The molecule has 0 unspecified atom stereocenters. The molecule has 0 bridgehead atoms. The lowest BCUT2D eigenvalue weighted by Crippen LogP contribution is -2.14. The Bertz CT molecular complexity index is 1120. The molecule has 0 atom stereocenters. The first-order chi connectivity index (χ1) is 12.7. The Morgan fingerprint density at radius 1 is 0.808 bits per heavy atom. The maximum atomic E-state index is 12.3. The number of hydrogen-bond acceptors (Lipinski definition) is 6. The number of aromatic nitrogens is 2. The van der Waals surface area contributed by atoms with Crippen molar-refractivity contribution in [3.63, 3.8) is 0 Å². The van der Waals surface area contributed by atoms with Crippen molar-refractivity contribution in [3.8, 4) is 0 Å². The fraction of sp³-hybridized carbons (Fsp3) is 0.200. The van der Waals surface area contributed by atoms with Crippen LogP contribution >= 0.6 is 0 Å². The highest BCUT2D eigenvalue weighted by molar-refractivity contribution is 5.77. The topological polar surface area (TPSA) is 86.2 Å². The van der Waals surface area contributed by atoms with Crippen molar-refractivity contribution in [2.75, 3.05) is 0 Å². The van der Waals surface area contributed by atoms with Gasteiger partial charge in [-0.15, -0.1) is 0 Å². The molecule has 0 aliphatic heterocycles. The maximum Gasteiger partial charge on any atom is 0.346 e. The molecule has 0 aliphatic carbocycles. The third-order valence-corrected chi connectivity index (χ3v) is 4.28. The zero-order valence-electron chi connectivity index (χ0n) is 14.1. The summed E-state index contributed by atoms with van der Waals surface area (Å²) in [5.74, 6) is -0.0856. The summed E-state index contributed by atoms with van der Waals surface area (Å²) in [5.41, 5.74) is 0.163. The van der Waals surface area contributed by atoms with Crippen LogP contribution in [0, 0.1) is 0 Å². The Morgan fingerprint density at radius 2 is 1.27 bits per heavy atom. The molecule has 0 saturated heterocycles. The Hall–Kier alpha value is -3.28. The molecule has 6 nitrogen and oxygen atoms in total. The summed E-state index contributed by atoms with van der Waals surface area (Å²) in [6, 6.07) is 14.0. The van der Waals surface area contributed by atoms with E-state index < -0.39 is 17.2 Å². The minimum atomic E-state index is -0.505. The first-order valence-corrected chi connectivity index (χ1v) is 8.47. The number of fused-ring (bicyclic) bond motifs is 2. The summed E-state index contributed by atoms with van der Waals surface area (Å²) in [6.07, 6.45) is 1.36. The van der Waals surface area contributed by atoms with Crippen molar-refractivity contribution in [2.45, 2.75) is 25.7 Å². The van der Waals surface area contributed by atoms with Gasteiger partial charge in [-0.2, -0.15) is 0 Å². The van der Waals surface area contributed by atoms with E-state index in [-0.39, 0.29) is 11.8 Å². The van der Waals surface area contributed by atoms with Crippen LogP contribution in [0.4, 0.5) is 0 Å². The Labute approximate surface area is 148 Å². The second-order valence-electron chi connectivity index (χ2n) is 6.05. The van der Waals surface area contributed by atoms with Crippen molar-refractivity contribution in [2.24, 2.45) is 0 Å². The molecule has 26 heavy (non-hydrogen) atoms. The zero-order valence-corrected chi connectivity index (χ0v) is 14.1. The molecule has 6 heteroatoms. The van der Waals surface area contributed by atoms with E-state index in [4.69, 9.17) is 8.83 Å². The lowest BCUT2D eigenvalue weighted by molar-refractivity contribution is 0.353. The normalized spacial score (nSPS) is 11.5. The van der Waals surface area contributed by atoms with Crippen LogP contribution in [0.5, 0.6) is 0 Å². The molecule has 4 aromatic rings. The molecule has 0 saturated carbocycles. The summed E-state index contributed by atoms with van der Waals surface area (Å²) in [6.45, 7) is 1.99. The Morgan fingerprint density at radius 3 is 1.73 bits per heavy atom. The average Bonchev–Trinajstić information content (AvgIpc) is 2.66. The summed E-state index contributed by atoms with van der Waals surface area (Å²) >= 11 is 0. The summed E-state index contributed by atoms with van der Waals surface area (Å²) in [4.78, 5) is 33.5. The molecule has 0 radical (unpaired) electrons. The highest BCUT2D eigenvalue weighted by Gasteiger charge is 2.24. The summed E-state index contributed by atoms with van der Waals surface area (Å²) in [7, 11) is 0. The number of hydrogen-bond donors (Lipinski definition) is 0. The molecule has 2 aromatic carbocycles. The molecule has 2 heterocycles. The Balaban J connectivity index is 1.92. The van der Waals surface area contributed by atoms with Crippen LogP contribution < -0.4 is 11.3 Å². The molecule has 0 spiro atoms. The van der Waals surface area contributed by atoms with Gasteiger partial charge in [-0.1, -0.05) is 37.6 Å². The SMILES string of the molecule is CCCC(c1nc2ccccc2c(=O)o1)c1nc2ccccc2c(=O)o1. The Kier molecular flexibility index (Phi) is 4.08. The second-order valence-corrected chi connectivity index (χ2v) is 6.05. The van der Waals surface area contributed by atoms with Gasteiger partial charge in [-0.25, -0.2) is 19.6 Å². The van der Waals surface area contributed by atoms with E-state index in [0.29, 0.717) is 28.2 Å². The lowest BCUT2D eigenvalue weighted by Gasteiger charge is -2.12. The molecule has 0 aliphatic rings. The molecule has 0 amide bonds. The van der Waals surface area contributed by atoms with Gasteiger partial charge in [-0.05, 0) is 30.7 Å². The lowest BCUT2D eigenvalue weighted by atomic mass is 10.0. The first kappa shape index (κ1) is 16.2. The quantitative estimate of drug-likeness (QED) is 0.560. The number of nitrogens with zero attached hydrogens (tertiary/aromatic N) is 2. The largest absolute Gasteiger partial charge is 0.407 e. The van der Waals surface area contributed by atoms with Crippen LogP contribution in [0.3, 0.4) is 0 Å². The van der Waals surface area contributed by atoms with Crippen LogP contribution in [0.2, 0.25) is 0 Å². The van der Waals surface area contributed by atoms with Gasteiger partial charge in [0.25, 0.3) is 0 Å². The van der Waals surface area contributed by atoms with E-state index in [2.05, 4.69) is 9.97 Å². The number of rotatable bonds is 4. The van der Waals surface area contributed by atoms with E-state index in [9.17, 15) is 9.59 Å². The zero-order chi connectivity index (χ0) is 18.1. The van der Waals surface area contributed by atoms with Crippen LogP contribution in [-0.4, -0.2) is 9.97 Å². The summed E-state index contributed by atoms with van der Waals surface area (Å²) in [5, 5.41) is 0.832. The highest BCUT2D eigenvalue weighted by Crippen LogP contribution is 2.27. The van der Waals surface area contributed by atoms with Crippen LogP contribution in [0.15, 0.2) is 67.0 Å². The van der Waals surface area contributed by atoms with Crippen LogP contribution in [0.25, 0.3) is 21.8 Å². The molecule has 4 rings (SSSR count). The minimum Gasteiger partial charge on any atom is -0.407 e. The molecule has 0 N–H and O–H groups in total. The van der Waals surface area contributed by atoms with Gasteiger partial charge in [0.15, 0.2) is 0 Å². The predicted octanol–water partition coefficient (Wildman–Crippen LogP) is 3.62. The fourth-order valence-electron chi connectivity index (χ4n) is 3.01. The van der Waals surface area contributed by atoms with Crippen LogP contribution in [0.1, 0.15) is 37.5 Å². The standard InChI is InChI=1S/C20H16N2O4/c1-2-7-14(17-21-15-10-5-3-8-12(15)19(23)25-17)18-22-16-11-6-4-9-13(16)20(24)26-18/h3-6,8-11,14H,2,7H2,1H3. The number of para-hydroxylation sites is 2.